The van der Waals surface area contributed by atoms with Crippen molar-refractivity contribution in [2.75, 3.05) is 6.61 Å². The lowest BCUT2D eigenvalue weighted by Gasteiger charge is -2.05. The van der Waals surface area contributed by atoms with Crippen LogP contribution >= 0.6 is 0 Å². The number of carboxylic acid groups (broad SMARTS) is 1. The van der Waals surface area contributed by atoms with Crippen LogP contribution in [0.1, 0.15) is 12.5 Å². The van der Waals surface area contributed by atoms with Crippen LogP contribution in [0.4, 0.5) is 0 Å². The minimum Gasteiger partial charge on any atom is -0.478 e. The van der Waals surface area contributed by atoms with Gasteiger partial charge in [-0.1, -0.05) is 18.2 Å². The zero-order valence-corrected chi connectivity index (χ0v) is 8.80. The van der Waals surface area contributed by atoms with Crippen molar-refractivity contribution < 1.29 is 14.6 Å². The fraction of sp³-hybridized carbons (Fsp3) is 0.167. The Morgan fingerprint density at radius 2 is 2.25 bits per heavy atom. The number of carbonyl (C=O) groups is 1. The van der Waals surface area contributed by atoms with E-state index in [1.165, 1.54) is 13.0 Å². The second-order valence-corrected chi connectivity index (χ2v) is 3.12. The Balaban J connectivity index is 3.00. The molecule has 16 heavy (non-hydrogen) atoms. The lowest BCUT2D eigenvalue weighted by molar-refractivity contribution is -0.132. The highest BCUT2D eigenvalue weighted by atomic mass is 16.5. The first-order valence-electron chi connectivity index (χ1n) is 4.65. The molecule has 1 rings (SSSR count). The van der Waals surface area contributed by atoms with Crippen molar-refractivity contribution in [3.63, 3.8) is 0 Å². The standard InChI is InChI=1S/C12H11NO3/c1-9(12(14)15)8-10-4-2-3-5-11(10)16-7-6-13/h2-5,8H,7H2,1H3,(H,14,15). The number of benzene rings is 1. The minimum absolute atomic E-state index is 0.0586. The molecule has 0 saturated heterocycles. The lowest BCUT2D eigenvalue weighted by Crippen LogP contribution is -1.98. The summed E-state index contributed by atoms with van der Waals surface area (Å²) in [4.78, 5) is 10.7. The van der Waals surface area contributed by atoms with Crippen LogP contribution in [0.25, 0.3) is 6.08 Å². The van der Waals surface area contributed by atoms with E-state index >= 15 is 0 Å². The predicted molar refractivity (Wildman–Crippen MR) is 58.8 cm³/mol. The van der Waals surface area contributed by atoms with Gasteiger partial charge in [0.15, 0.2) is 6.61 Å². The van der Waals surface area contributed by atoms with Crippen LogP contribution in [0.2, 0.25) is 0 Å². The van der Waals surface area contributed by atoms with E-state index in [4.69, 9.17) is 15.1 Å². The third kappa shape index (κ3) is 3.14. The van der Waals surface area contributed by atoms with E-state index in [0.29, 0.717) is 11.3 Å². The molecule has 4 heteroatoms. The summed E-state index contributed by atoms with van der Waals surface area (Å²) in [5.74, 6) is -0.472. The molecule has 0 bridgehead atoms. The Morgan fingerprint density at radius 1 is 1.56 bits per heavy atom. The van der Waals surface area contributed by atoms with Crippen LogP contribution in [0.5, 0.6) is 5.75 Å². The molecule has 1 aromatic carbocycles. The number of rotatable bonds is 4. The van der Waals surface area contributed by atoms with E-state index in [1.54, 1.807) is 24.3 Å². The summed E-state index contributed by atoms with van der Waals surface area (Å²) in [7, 11) is 0. The van der Waals surface area contributed by atoms with Gasteiger partial charge in [-0.3, -0.25) is 0 Å². The summed E-state index contributed by atoms with van der Waals surface area (Å²) in [6.45, 7) is 1.44. The number of ether oxygens (including phenoxy) is 1. The number of nitriles is 1. The molecular weight excluding hydrogens is 206 g/mol. The van der Waals surface area contributed by atoms with Crippen LogP contribution < -0.4 is 4.74 Å². The normalized spacial score (nSPS) is 10.6. The molecule has 0 spiro atoms. The predicted octanol–water partition coefficient (Wildman–Crippen LogP) is 2.08. The molecule has 1 N–H and O–H groups in total. The second-order valence-electron chi connectivity index (χ2n) is 3.12. The van der Waals surface area contributed by atoms with Crippen molar-refractivity contribution >= 4 is 12.0 Å². The second kappa shape index (κ2) is 5.56. The average molecular weight is 217 g/mol. The van der Waals surface area contributed by atoms with Crippen molar-refractivity contribution in [2.24, 2.45) is 0 Å². The van der Waals surface area contributed by atoms with E-state index in [9.17, 15) is 4.79 Å². The van der Waals surface area contributed by atoms with Crippen molar-refractivity contribution in [1.29, 1.82) is 5.26 Å². The molecule has 4 nitrogen and oxygen atoms in total. The molecule has 82 valence electrons. The highest BCUT2D eigenvalue weighted by molar-refractivity contribution is 5.91. The Kier molecular flexibility index (Phi) is 4.10. The number of nitrogens with zero attached hydrogens (tertiary/aromatic N) is 1. The zero-order chi connectivity index (χ0) is 12.0. The topological polar surface area (TPSA) is 70.3 Å². The molecule has 0 atom stereocenters. The van der Waals surface area contributed by atoms with Gasteiger partial charge < -0.3 is 9.84 Å². The summed E-state index contributed by atoms with van der Waals surface area (Å²) in [6.07, 6.45) is 1.51. The highest BCUT2D eigenvalue weighted by Gasteiger charge is 2.04. The van der Waals surface area contributed by atoms with Gasteiger partial charge in [0, 0.05) is 11.1 Å². The number of para-hydroxylation sites is 1. The fourth-order valence-electron chi connectivity index (χ4n) is 1.14. The van der Waals surface area contributed by atoms with Crippen molar-refractivity contribution in [1.82, 2.24) is 0 Å². The largest absolute Gasteiger partial charge is 0.478 e. The van der Waals surface area contributed by atoms with E-state index in [0.717, 1.165) is 0 Å². The zero-order valence-electron chi connectivity index (χ0n) is 8.80. The number of aliphatic carboxylic acids is 1. The number of hydrogen-bond acceptors (Lipinski definition) is 3. The summed E-state index contributed by atoms with van der Waals surface area (Å²) in [5, 5.41) is 17.2. The Labute approximate surface area is 93.4 Å². The highest BCUT2D eigenvalue weighted by Crippen LogP contribution is 2.20. The van der Waals surface area contributed by atoms with Crippen LogP contribution in [-0.4, -0.2) is 17.7 Å². The Hall–Kier alpha value is -2.28. The molecule has 1 aromatic rings. The molecule has 0 aliphatic heterocycles. The Morgan fingerprint density at radius 3 is 2.88 bits per heavy atom. The van der Waals surface area contributed by atoms with E-state index in [-0.39, 0.29) is 12.2 Å². The number of carboxylic acids is 1. The minimum atomic E-state index is -0.977. The van der Waals surface area contributed by atoms with Gasteiger partial charge in [-0.15, -0.1) is 0 Å². The summed E-state index contributed by atoms with van der Waals surface area (Å²) in [5.41, 5.74) is 0.866. The van der Waals surface area contributed by atoms with Gasteiger partial charge in [-0.2, -0.15) is 5.26 Å². The molecule has 0 aromatic heterocycles. The Bertz CT molecular complexity index is 458. The summed E-state index contributed by atoms with van der Waals surface area (Å²) < 4.78 is 5.17. The average Bonchev–Trinajstić information content (AvgIpc) is 2.27. The molecule has 0 amide bonds. The van der Waals surface area contributed by atoms with Crippen LogP contribution in [0, 0.1) is 11.3 Å². The maximum absolute atomic E-state index is 10.7. The van der Waals surface area contributed by atoms with Crippen LogP contribution in [0.15, 0.2) is 29.8 Å². The van der Waals surface area contributed by atoms with Gasteiger partial charge in [0.05, 0.1) is 0 Å². The maximum Gasteiger partial charge on any atom is 0.331 e. The quantitative estimate of drug-likeness (QED) is 0.784. The molecule has 0 fully saturated rings. The first-order valence-corrected chi connectivity index (χ1v) is 4.65. The summed E-state index contributed by atoms with van der Waals surface area (Å²) in [6, 6.07) is 8.83. The van der Waals surface area contributed by atoms with Crippen molar-refractivity contribution in [2.45, 2.75) is 6.92 Å². The third-order valence-electron chi connectivity index (χ3n) is 1.92. The monoisotopic (exact) mass is 217 g/mol. The summed E-state index contributed by atoms with van der Waals surface area (Å²) >= 11 is 0. The van der Waals surface area contributed by atoms with E-state index < -0.39 is 5.97 Å². The smallest absolute Gasteiger partial charge is 0.331 e. The molecule has 0 radical (unpaired) electrons. The van der Waals surface area contributed by atoms with Gasteiger partial charge >= 0.3 is 5.97 Å². The number of hydrogen-bond donors (Lipinski definition) is 1. The van der Waals surface area contributed by atoms with Crippen molar-refractivity contribution in [3.8, 4) is 11.8 Å². The van der Waals surface area contributed by atoms with Gasteiger partial charge in [-0.25, -0.2) is 4.79 Å². The molecule has 0 aliphatic carbocycles. The maximum atomic E-state index is 10.7. The van der Waals surface area contributed by atoms with Gasteiger partial charge in [0.1, 0.15) is 11.8 Å². The molecule has 0 aliphatic rings. The van der Waals surface area contributed by atoms with Crippen molar-refractivity contribution in [3.05, 3.63) is 35.4 Å². The lowest BCUT2D eigenvalue weighted by atomic mass is 10.1. The first-order chi connectivity index (χ1) is 7.65. The molecule has 0 saturated carbocycles. The molecule has 0 unspecified atom stereocenters. The van der Waals surface area contributed by atoms with E-state index in [2.05, 4.69) is 0 Å². The van der Waals surface area contributed by atoms with E-state index in [1.807, 2.05) is 6.07 Å². The third-order valence-corrected chi connectivity index (χ3v) is 1.92. The SMILES string of the molecule is CC(=Cc1ccccc1OCC#N)C(=O)O. The first kappa shape index (κ1) is 11.8. The van der Waals surface area contributed by atoms with Crippen LogP contribution in [-0.2, 0) is 4.79 Å². The van der Waals surface area contributed by atoms with Gasteiger partial charge in [0.25, 0.3) is 0 Å². The molecular formula is C12H11NO3. The molecule has 0 heterocycles. The van der Waals surface area contributed by atoms with Gasteiger partial charge in [-0.05, 0) is 19.1 Å². The fourth-order valence-corrected chi connectivity index (χ4v) is 1.14. The van der Waals surface area contributed by atoms with Crippen LogP contribution in [0.3, 0.4) is 0 Å². The van der Waals surface area contributed by atoms with Gasteiger partial charge in [0.2, 0.25) is 0 Å².